The maximum Gasteiger partial charge on any atom is 0.0628 e. The van der Waals surface area contributed by atoms with Crippen LogP contribution in [0.2, 0.25) is 0 Å². The van der Waals surface area contributed by atoms with Gasteiger partial charge in [-0.05, 0) is 37.3 Å². The van der Waals surface area contributed by atoms with Gasteiger partial charge < -0.3 is 5.32 Å². The summed E-state index contributed by atoms with van der Waals surface area (Å²) in [6, 6.07) is 8.50. The Morgan fingerprint density at radius 3 is 2.94 bits per heavy atom. The Morgan fingerprint density at radius 2 is 2.38 bits per heavy atom. The van der Waals surface area contributed by atoms with Crippen LogP contribution in [0.3, 0.4) is 0 Å². The van der Waals surface area contributed by atoms with E-state index in [-0.39, 0.29) is 11.5 Å². The highest BCUT2D eigenvalue weighted by Gasteiger charge is 2.42. The SMILES string of the molecule is C[C@@H](NCC1(CC#N)CC1)c1ccccn1. The van der Waals surface area contributed by atoms with Crippen LogP contribution in [-0.2, 0) is 0 Å². The summed E-state index contributed by atoms with van der Waals surface area (Å²) in [7, 11) is 0. The molecule has 16 heavy (non-hydrogen) atoms. The van der Waals surface area contributed by atoms with Crippen LogP contribution in [0, 0.1) is 16.7 Å². The van der Waals surface area contributed by atoms with Gasteiger partial charge in [-0.15, -0.1) is 0 Å². The highest BCUT2D eigenvalue weighted by Crippen LogP contribution is 2.48. The summed E-state index contributed by atoms with van der Waals surface area (Å²) in [6.07, 6.45) is 4.86. The van der Waals surface area contributed by atoms with E-state index in [0.29, 0.717) is 6.42 Å². The lowest BCUT2D eigenvalue weighted by Crippen LogP contribution is -2.27. The van der Waals surface area contributed by atoms with E-state index in [1.807, 2.05) is 24.4 Å². The summed E-state index contributed by atoms with van der Waals surface area (Å²) in [4.78, 5) is 4.32. The molecule has 1 aromatic heterocycles. The van der Waals surface area contributed by atoms with Crippen molar-refractivity contribution in [1.29, 1.82) is 5.26 Å². The predicted octanol–water partition coefficient (Wildman–Crippen LogP) is 2.43. The van der Waals surface area contributed by atoms with Crippen molar-refractivity contribution in [2.45, 2.75) is 32.2 Å². The number of nitrogens with one attached hydrogen (secondary N) is 1. The van der Waals surface area contributed by atoms with E-state index >= 15 is 0 Å². The maximum absolute atomic E-state index is 8.73. The number of nitriles is 1. The molecule has 0 aromatic carbocycles. The van der Waals surface area contributed by atoms with E-state index < -0.39 is 0 Å². The number of hydrogen-bond acceptors (Lipinski definition) is 3. The van der Waals surface area contributed by atoms with Gasteiger partial charge in [-0.2, -0.15) is 5.26 Å². The molecule has 0 amide bonds. The Morgan fingerprint density at radius 1 is 1.56 bits per heavy atom. The standard InChI is InChI=1S/C13H17N3/c1-11(12-4-2-3-9-15-12)16-10-13(5-6-13)7-8-14/h2-4,9,11,16H,5-7,10H2,1H3/t11-/m1/s1. The van der Waals surface area contributed by atoms with Gasteiger partial charge >= 0.3 is 0 Å². The van der Waals surface area contributed by atoms with Crippen molar-refractivity contribution in [3.05, 3.63) is 30.1 Å². The summed E-state index contributed by atoms with van der Waals surface area (Å²) in [5, 5.41) is 12.2. The van der Waals surface area contributed by atoms with Gasteiger partial charge in [0.25, 0.3) is 0 Å². The molecule has 3 nitrogen and oxygen atoms in total. The number of rotatable bonds is 5. The number of aromatic nitrogens is 1. The normalized spacial score (nSPS) is 18.8. The second-order valence-corrected chi connectivity index (χ2v) is 4.69. The molecule has 0 aliphatic heterocycles. The quantitative estimate of drug-likeness (QED) is 0.820. The van der Waals surface area contributed by atoms with Crippen molar-refractivity contribution >= 4 is 0 Å². The van der Waals surface area contributed by atoms with Crippen LogP contribution in [-0.4, -0.2) is 11.5 Å². The fourth-order valence-corrected chi connectivity index (χ4v) is 1.87. The van der Waals surface area contributed by atoms with Crippen molar-refractivity contribution in [1.82, 2.24) is 10.3 Å². The van der Waals surface area contributed by atoms with Gasteiger partial charge in [0, 0.05) is 25.2 Å². The van der Waals surface area contributed by atoms with Crippen LogP contribution in [0.4, 0.5) is 0 Å². The Labute approximate surface area is 96.5 Å². The smallest absolute Gasteiger partial charge is 0.0628 e. The van der Waals surface area contributed by atoms with Gasteiger partial charge in [-0.25, -0.2) is 0 Å². The molecule has 0 bridgehead atoms. The molecular formula is C13H17N3. The van der Waals surface area contributed by atoms with E-state index in [0.717, 1.165) is 12.2 Å². The number of hydrogen-bond donors (Lipinski definition) is 1. The lowest BCUT2D eigenvalue weighted by atomic mass is 10.0. The zero-order valence-corrected chi connectivity index (χ0v) is 9.61. The predicted molar refractivity (Wildman–Crippen MR) is 62.6 cm³/mol. The molecule has 1 aromatic rings. The minimum atomic E-state index is 0.261. The number of nitrogens with zero attached hydrogens (tertiary/aromatic N) is 2. The molecule has 1 fully saturated rings. The third-order valence-corrected chi connectivity index (χ3v) is 3.33. The highest BCUT2D eigenvalue weighted by atomic mass is 15.0. The van der Waals surface area contributed by atoms with Crippen LogP contribution < -0.4 is 5.32 Å². The van der Waals surface area contributed by atoms with Crippen LogP contribution >= 0.6 is 0 Å². The van der Waals surface area contributed by atoms with Crippen molar-refractivity contribution in [2.75, 3.05) is 6.54 Å². The minimum Gasteiger partial charge on any atom is -0.308 e. The van der Waals surface area contributed by atoms with Gasteiger partial charge in [-0.3, -0.25) is 4.98 Å². The Kier molecular flexibility index (Phi) is 3.21. The summed E-state index contributed by atoms with van der Waals surface area (Å²) in [5.74, 6) is 0. The fraction of sp³-hybridized carbons (Fsp3) is 0.538. The fourth-order valence-electron chi connectivity index (χ4n) is 1.87. The van der Waals surface area contributed by atoms with E-state index in [1.54, 1.807) is 0 Å². The first kappa shape index (κ1) is 11.1. The zero-order chi connectivity index (χ0) is 11.4. The molecule has 3 heteroatoms. The lowest BCUT2D eigenvalue weighted by Gasteiger charge is -2.17. The average molecular weight is 215 g/mol. The first-order valence-electron chi connectivity index (χ1n) is 5.77. The summed E-state index contributed by atoms with van der Waals surface area (Å²) < 4.78 is 0. The Hall–Kier alpha value is -1.40. The molecule has 1 atom stereocenters. The van der Waals surface area contributed by atoms with Gasteiger partial charge in [0.05, 0.1) is 11.8 Å². The first-order chi connectivity index (χ1) is 7.76. The second-order valence-electron chi connectivity index (χ2n) is 4.69. The van der Waals surface area contributed by atoms with Crippen LogP contribution in [0.5, 0.6) is 0 Å². The van der Waals surface area contributed by atoms with E-state index in [1.165, 1.54) is 12.8 Å². The van der Waals surface area contributed by atoms with Gasteiger partial charge in [0.1, 0.15) is 0 Å². The van der Waals surface area contributed by atoms with E-state index in [4.69, 9.17) is 5.26 Å². The molecular weight excluding hydrogens is 198 g/mol. The Bertz CT molecular complexity index is 376. The summed E-state index contributed by atoms with van der Waals surface area (Å²) in [5.41, 5.74) is 1.33. The highest BCUT2D eigenvalue weighted by molar-refractivity contribution is 5.08. The van der Waals surface area contributed by atoms with E-state index in [2.05, 4.69) is 23.3 Å². The molecule has 1 heterocycles. The first-order valence-corrected chi connectivity index (χ1v) is 5.77. The third-order valence-electron chi connectivity index (χ3n) is 3.33. The monoisotopic (exact) mass is 215 g/mol. The van der Waals surface area contributed by atoms with Crippen LogP contribution in [0.25, 0.3) is 0 Å². The molecule has 1 aliphatic carbocycles. The number of pyridine rings is 1. The third kappa shape index (κ3) is 2.59. The van der Waals surface area contributed by atoms with Crippen molar-refractivity contribution < 1.29 is 0 Å². The molecule has 0 unspecified atom stereocenters. The van der Waals surface area contributed by atoms with Crippen molar-refractivity contribution in [3.8, 4) is 6.07 Å². The Balaban J connectivity index is 1.85. The van der Waals surface area contributed by atoms with Crippen molar-refractivity contribution in [2.24, 2.45) is 5.41 Å². The van der Waals surface area contributed by atoms with E-state index in [9.17, 15) is 0 Å². The van der Waals surface area contributed by atoms with Crippen LogP contribution in [0.15, 0.2) is 24.4 Å². The van der Waals surface area contributed by atoms with Gasteiger partial charge in [-0.1, -0.05) is 6.07 Å². The largest absolute Gasteiger partial charge is 0.308 e. The summed E-state index contributed by atoms with van der Waals surface area (Å²) >= 11 is 0. The molecule has 2 rings (SSSR count). The minimum absolute atomic E-state index is 0.261. The summed E-state index contributed by atoms with van der Waals surface area (Å²) in [6.45, 7) is 3.04. The molecule has 84 valence electrons. The molecule has 0 saturated heterocycles. The molecule has 1 saturated carbocycles. The van der Waals surface area contributed by atoms with Crippen LogP contribution in [0.1, 0.15) is 37.9 Å². The van der Waals surface area contributed by atoms with Crippen molar-refractivity contribution in [3.63, 3.8) is 0 Å². The lowest BCUT2D eigenvalue weighted by molar-refractivity contribution is 0.429. The molecule has 1 N–H and O–H groups in total. The molecule has 1 aliphatic rings. The molecule has 0 radical (unpaired) electrons. The second kappa shape index (κ2) is 4.63. The van der Waals surface area contributed by atoms with Gasteiger partial charge in [0.2, 0.25) is 0 Å². The molecule has 0 spiro atoms. The topological polar surface area (TPSA) is 48.7 Å². The average Bonchev–Trinajstić information content (AvgIpc) is 3.08. The van der Waals surface area contributed by atoms with Gasteiger partial charge in [0.15, 0.2) is 0 Å². The zero-order valence-electron chi connectivity index (χ0n) is 9.61. The maximum atomic E-state index is 8.73.